The minimum absolute atomic E-state index is 0.0162. The molecule has 9 heteroatoms. The number of anilines is 2. The van der Waals surface area contributed by atoms with Crippen LogP contribution in [0.4, 0.5) is 16.2 Å². The van der Waals surface area contributed by atoms with Crippen molar-refractivity contribution in [3.8, 4) is 0 Å². The first-order chi connectivity index (χ1) is 12.0. The zero-order valence-electron chi connectivity index (χ0n) is 15.5. The van der Waals surface area contributed by atoms with Crippen molar-refractivity contribution in [2.24, 2.45) is 0 Å². The van der Waals surface area contributed by atoms with Crippen LogP contribution in [0.3, 0.4) is 0 Å². The highest BCUT2D eigenvalue weighted by molar-refractivity contribution is 7.92. The third kappa shape index (κ3) is 7.30. The van der Waals surface area contributed by atoms with Crippen LogP contribution >= 0.6 is 0 Å². The van der Waals surface area contributed by atoms with Gasteiger partial charge < -0.3 is 15.7 Å². The largest absolute Gasteiger partial charge is 0.481 e. The Labute approximate surface area is 154 Å². The summed E-state index contributed by atoms with van der Waals surface area (Å²) in [6, 6.07) is 4.44. The van der Waals surface area contributed by atoms with Crippen LogP contribution in [0.15, 0.2) is 18.2 Å². The molecule has 0 saturated heterocycles. The lowest BCUT2D eigenvalue weighted by Gasteiger charge is -2.26. The van der Waals surface area contributed by atoms with Gasteiger partial charge in [-0.15, -0.1) is 0 Å². The Morgan fingerprint density at radius 3 is 2.38 bits per heavy atom. The van der Waals surface area contributed by atoms with Gasteiger partial charge in [-0.25, -0.2) is 13.2 Å². The van der Waals surface area contributed by atoms with Crippen LogP contribution in [0.1, 0.15) is 45.6 Å². The molecule has 0 aromatic heterocycles. The average Bonchev–Trinajstić information content (AvgIpc) is 2.48. The number of benzene rings is 1. The lowest BCUT2D eigenvalue weighted by molar-refractivity contribution is -0.137. The molecule has 4 N–H and O–H groups in total. The van der Waals surface area contributed by atoms with E-state index in [1.54, 1.807) is 45.9 Å². The molecule has 0 heterocycles. The fourth-order valence-electron chi connectivity index (χ4n) is 2.31. The van der Waals surface area contributed by atoms with Crippen LogP contribution in [-0.2, 0) is 14.8 Å². The standard InChI is InChI=1S/C17H27N3O5S/c1-5-11-26(24,25)20-14-8-6-7-13(12(14)2)18-16(23)19-17(3,4)10-9-15(21)22/h6-8,20H,5,9-11H2,1-4H3,(H,21,22)(H2,18,19,23). The third-order valence-electron chi connectivity index (χ3n) is 3.74. The Balaban J connectivity index is 2.83. The Hall–Kier alpha value is -2.29. The highest BCUT2D eigenvalue weighted by Gasteiger charge is 2.22. The summed E-state index contributed by atoms with van der Waals surface area (Å²) < 4.78 is 26.4. The number of aliphatic carboxylic acids is 1. The molecule has 0 fully saturated rings. The second kappa shape index (κ2) is 8.88. The summed E-state index contributed by atoms with van der Waals surface area (Å²) in [5, 5.41) is 14.2. The zero-order valence-corrected chi connectivity index (χ0v) is 16.4. The van der Waals surface area contributed by atoms with Crippen molar-refractivity contribution >= 4 is 33.4 Å². The van der Waals surface area contributed by atoms with E-state index in [2.05, 4.69) is 15.4 Å². The van der Waals surface area contributed by atoms with E-state index >= 15 is 0 Å². The summed E-state index contributed by atoms with van der Waals surface area (Å²) in [7, 11) is -3.43. The van der Waals surface area contributed by atoms with E-state index in [9.17, 15) is 18.0 Å². The first-order valence-corrected chi connectivity index (χ1v) is 10.0. The average molecular weight is 385 g/mol. The molecule has 0 saturated carbocycles. The van der Waals surface area contributed by atoms with Gasteiger partial charge in [0.25, 0.3) is 0 Å². The molecule has 0 spiro atoms. The number of carboxylic acid groups (broad SMARTS) is 1. The number of urea groups is 1. The number of carboxylic acids is 1. The van der Waals surface area contributed by atoms with Crippen molar-refractivity contribution in [1.82, 2.24) is 5.32 Å². The molecular formula is C17H27N3O5S. The van der Waals surface area contributed by atoms with Crippen molar-refractivity contribution in [2.75, 3.05) is 15.8 Å². The zero-order chi connectivity index (χ0) is 20.0. The van der Waals surface area contributed by atoms with Crippen molar-refractivity contribution < 1.29 is 23.1 Å². The van der Waals surface area contributed by atoms with Gasteiger partial charge in [0.2, 0.25) is 10.0 Å². The normalized spacial score (nSPS) is 11.7. The van der Waals surface area contributed by atoms with Crippen molar-refractivity contribution in [3.63, 3.8) is 0 Å². The number of carbonyl (C=O) groups excluding carboxylic acids is 1. The maximum Gasteiger partial charge on any atom is 0.319 e. The molecule has 146 valence electrons. The highest BCUT2D eigenvalue weighted by Crippen LogP contribution is 2.24. The summed E-state index contributed by atoms with van der Waals surface area (Å²) in [6.45, 7) is 6.95. The topological polar surface area (TPSA) is 125 Å². The summed E-state index contributed by atoms with van der Waals surface area (Å²) in [5.74, 6) is -0.911. The molecule has 0 atom stereocenters. The fourth-order valence-corrected chi connectivity index (χ4v) is 3.51. The molecule has 0 unspecified atom stereocenters. The van der Waals surface area contributed by atoms with E-state index < -0.39 is 27.6 Å². The summed E-state index contributed by atoms with van der Waals surface area (Å²) in [4.78, 5) is 22.9. The van der Waals surface area contributed by atoms with Crippen LogP contribution < -0.4 is 15.4 Å². The molecule has 8 nitrogen and oxygen atoms in total. The number of carbonyl (C=O) groups is 2. The van der Waals surface area contributed by atoms with Crippen LogP contribution in [0, 0.1) is 6.92 Å². The molecule has 0 aliphatic carbocycles. The Bertz CT molecular complexity index is 760. The van der Waals surface area contributed by atoms with Gasteiger partial charge in [0, 0.05) is 17.6 Å². The molecule has 26 heavy (non-hydrogen) atoms. The van der Waals surface area contributed by atoms with Crippen LogP contribution in [0.25, 0.3) is 0 Å². The molecule has 0 aliphatic rings. The number of rotatable bonds is 9. The predicted molar refractivity (Wildman–Crippen MR) is 102 cm³/mol. The molecule has 0 radical (unpaired) electrons. The lowest BCUT2D eigenvalue weighted by Crippen LogP contribution is -2.45. The second-order valence-electron chi connectivity index (χ2n) is 6.76. The fraction of sp³-hybridized carbons (Fsp3) is 0.529. The van der Waals surface area contributed by atoms with Crippen LogP contribution in [0.2, 0.25) is 0 Å². The van der Waals surface area contributed by atoms with Gasteiger partial charge in [-0.2, -0.15) is 0 Å². The SMILES string of the molecule is CCCS(=O)(=O)Nc1cccc(NC(=O)NC(C)(C)CCC(=O)O)c1C. The van der Waals surface area contributed by atoms with Gasteiger partial charge in [-0.05, 0) is 51.3 Å². The highest BCUT2D eigenvalue weighted by atomic mass is 32.2. The van der Waals surface area contributed by atoms with Crippen molar-refractivity contribution in [2.45, 2.75) is 52.5 Å². The Kier molecular flexibility index (Phi) is 7.43. The van der Waals surface area contributed by atoms with E-state index in [0.717, 1.165) is 0 Å². The molecule has 2 amide bonds. The van der Waals surface area contributed by atoms with Crippen molar-refractivity contribution in [1.29, 1.82) is 0 Å². The minimum Gasteiger partial charge on any atom is -0.481 e. The van der Waals surface area contributed by atoms with Gasteiger partial charge in [0.15, 0.2) is 0 Å². The third-order valence-corrected chi connectivity index (χ3v) is 5.21. The van der Waals surface area contributed by atoms with Crippen LogP contribution in [0.5, 0.6) is 0 Å². The monoisotopic (exact) mass is 385 g/mol. The minimum atomic E-state index is -3.43. The summed E-state index contributed by atoms with van der Waals surface area (Å²) in [6.07, 6.45) is 0.729. The summed E-state index contributed by atoms with van der Waals surface area (Å²) in [5.41, 5.74) is 0.761. The van der Waals surface area contributed by atoms with E-state index in [1.165, 1.54) is 0 Å². The van der Waals surface area contributed by atoms with Crippen molar-refractivity contribution in [3.05, 3.63) is 23.8 Å². The maximum absolute atomic E-state index is 12.2. The first kappa shape index (κ1) is 21.8. The number of sulfonamides is 1. The molecule has 0 aliphatic heterocycles. The number of amides is 2. The number of hydrogen-bond donors (Lipinski definition) is 4. The molecule has 1 rings (SSSR count). The Morgan fingerprint density at radius 2 is 1.81 bits per heavy atom. The lowest BCUT2D eigenvalue weighted by atomic mass is 9.99. The smallest absolute Gasteiger partial charge is 0.319 e. The second-order valence-corrected chi connectivity index (χ2v) is 8.60. The first-order valence-electron chi connectivity index (χ1n) is 8.37. The number of nitrogens with one attached hydrogen (secondary N) is 3. The van der Waals surface area contributed by atoms with Crippen LogP contribution in [-0.4, -0.2) is 36.8 Å². The summed E-state index contributed by atoms with van der Waals surface area (Å²) >= 11 is 0. The van der Waals surface area contributed by atoms with Gasteiger partial charge in [-0.3, -0.25) is 9.52 Å². The van der Waals surface area contributed by atoms with Gasteiger partial charge >= 0.3 is 12.0 Å². The maximum atomic E-state index is 12.2. The van der Waals surface area contributed by atoms with Gasteiger partial charge in [-0.1, -0.05) is 13.0 Å². The van der Waals surface area contributed by atoms with E-state index in [4.69, 9.17) is 5.11 Å². The Morgan fingerprint density at radius 1 is 1.19 bits per heavy atom. The van der Waals surface area contributed by atoms with Gasteiger partial charge in [0.1, 0.15) is 0 Å². The van der Waals surface area contributed by atoms with E-state index in [1.807, 2.05) is 0 Å². The quantitative estimate of drug-likeness (QED) is 0.520. The van der Waals surface area contributed by atoms with E-state index in [0.29, 0.717) is 23.4 Å². The number of hydrogen-bond acceptors (Lipinski definition) is 4. The molecular weight excluding hydrogens is 358 g/mol. The molecule has 1 aromatic carbocycles. The molecule has 0 bridgehead atoms. The van der Waals surface area contributed by atoms with E-state index in [-0.39, 0.29) is 18.6 Å². The molecule has 1 aromatic rings. The van der Waals surface area contributed by atoms with Gasteiger partial charge in [0.05, 0.1) is 11.4 Å². The predicted octanol–water partition coefficient (Wildman–Crippen LogP) is 2.91.